The Morgan fingerprint density at radius 1 is 1.15 bits per heavy atom. The van der Waals surface area contributed by atoms with Gasteiger partial charge in [0, 0.05) is 7.11 Å². The summed E-state index contributed by atoms with van der Waals surface area (Å²) in [6, 6.07) is 13.0. The van der Waals surface area contributed by atoms with E-state index in [4.69, 9.17) is 4.74 Å². The van der Waals surface area contributed by atoms with Crippen LogP contribution < -0.4 is 10.1 Å². The molecule has 4 heteroatoms. The molecule has 0 fully saturated rings. The van der Waals surface area contributed by atoms with Gasteiger partial charge in [-0.2, -0.15) is 0 Å². The number of carbonyl (C=O) groups is 1. The molecule has 2 aromatic rings. The fraction of sp³-hybridized carbons (Fsp3) is 0.188. The first-order chi connectivity index (χ1) is 9.65. The minimum atomic E-state index is -0.604. The number of carbonyl (C=O) groups excluding carboxylic acids is 1. The van der Waals surface area contributed by atoms with Crippen molar-refractivity contribution in [2.24, 2.45) is 0 Å². The topological polar surface area (TPSA) is 38.3 Å². The molecular weight excluding hydrogens is 257 g/mol. The third-order valence-electron chi connectivity index (χ3n) is 2.36. The molecule has 0 radical (unpaired) electrons. The lowest BCUT2D eigenvalue weighted by Gasteiger charge is -2.07. The van der Waals surface area contributed by atoms with E-state index >= 15 is 0 Å². The van der Waals surface area contributed by atoms with E-state index in [1.807, 2.05) is 19.9 Å². The first-order valence-corrected chi connectivity index (χ1v) is 6.45. The molecule has 1 amide bonds. The highest BCUT2D eigenvalue weighted by Gasteiger charge is 2.06. The Balaban J connectivity index is 0.00000128. The molecule has 0 heterocycles. The summed E-state index contributed by atoms with van der Waals surface area (Å²) in [6.45, 7) is 5.63. The van der Waals surface area contributed by atoms with Crippen LogP contribution in [0.3, 0.4) is 0 Å². The number of ether oxygens (including phenoxy) is 1. The van der Waals surface area contributed by atoms with Gasteiger partial charge in [-0.3, -0.25) is 5.32 Å². The number of hydrogen-bond acceptors (Lipinski definition) is 2. The third-order valence-corrected chi connectivity index (χ3v) is 2.36. The van der Waals surface area contributed by atoms with Crippen LogP contribution in [0, 0.1) is 12.7 Å². The maximum atomic E-state index is 13.0. The summed E-state index contributed by atoms with van der Waals surface area (Å²) in [5.41, 5.74) is 0.961. The normalized spacial score (nSPS) is 9.20. The molecule has 108 valence electrons. The quantitative estimate of drug-likeness (QED) is 0.837. The van der Waals surface area contributed by atoms with Crippen molar-refractivity contribution in [1.29, 1.82) is 0 Å². The lowest BCUT2D eigenvalue weighted by molar-refractivity contribution is 0.215. The fourth-order valence-electron chi connectivity index (χ4n) is 1.46. The number of anilines is 1. The molecule has 0 atom stereocenters. The average Bonchev–Trinajstić information content (AvgIpc) is 2.46. The van der Waals surface area contributed by atoms with Crippen LogP contribution in [0.4, 0.5) is 14.9 Å². The molecule has 0 aromatic heterocycles. The standard InChI is InChI=1S/C14H12FNO2.C2H6.H2/c1-10-9-11(7-8-13(10)15)16-14(17)18-12-5-3-2-4-6-12;1-2;/h2-9H,1H3,(H,16,17);1-2H3;1H. The van der Waals surface area contributed by atoms with E-state index in [0.29, 0.717) is 17.0 Å². The van der Waals surface area contributed by atoms with Crippen LogP contribution in [-0.2, 0) is 0 Å². The molecule has 0 saturated heterocycles. The van der Waals surface area contributed by atoms with E-state index in [1.165, 1.54) is 12.1 Å². The summed E-state index contributed by atoms with van der Waals surface area (Å²) in [6.07, 6.45) is -0.604. The highest BCUT2D eigenvalue weighted by atomic mass is 19.1. The van der Waals surface area contributed by atoms with Crippen molar-refractivity contribution in [2.45, 2.75) is 20.8 Å². The van der Waals surface area contributed by atoms with Gasteiger partial charge < -0.3 is 4.74 Å². The van der Waals surface area contributed by atoms with Crippen LogP contribution >= 0.6 is 0 Å². The fourth-order valence-corrected chi connectivity index (χ4v) is 1.46. The van der Waals surface area contributed by atoms with Gasteiger partial charge in [0.25, 0.3) is 0 Å². The van der Waals surface area contributed by atoms with Gasteiger partial charge in [-0.05, 0) is 42.8 Å². The number of rotatable bonds is 2. The lowest BCUT2D eigenvalue weighted by Crippen LogP contribution is -2.16. The van der Waals surface area contributed by atoms with Gasteiger partial charge in [0.05, 0.1) is 0 Å². The summed E-state index contributed by atoms with van der Waals surface area (Å²) in [4.78, 5) is 11.6. The van der Waals surface area contributed by atoms with Crippen molar-refractivity contribution in [1.82, 2.24) is 0 Å². The van der Waals surface area contributed by atoms with Crippen molar-refractivity contribution >= 4 is 11.8 Å². The van der Waals surface area contributed by atoms with Crippen LogP contribution in [-0.4, -0.2) is 6.09 Å². The molecule has 0 aliphatic carbocycles. The van der Waals surface area contributed by atoms with E-state index in [-0.39, 0.29) is 7.24 Å². The van der Waals surface area contributed by atoms with Gasteiger partial charge in [0.2, 0.25) is 0 Å². The summed E-state index contributed by atoms with van der Waals surface area (Å²) >= 11 is 0. The zero-order valence-electron chi connectivity index (χ0n) is 11.8. The van der Waals surface area contributed by atoms with Gasteiger partial charge in [-0.25, -0.2) is 9.18 Å². The molecule has 2 aromatic carbocycles. The Bertz CT molecular complexity index is 561. The number of nitrogens with one attached hydrogen (secondary N) is 1. The Morgan fingerprint density at radius 2 is 1.80 bits per heavy atom. The number of amides is 1. The SMILES string of the molecule is CC.Cc1cc(NC(=O)Oc2ccccc2)ccc1F.[HH]. The molecule has 0 aliphatic rings. The van der Waals surface area contributed by atoms with Crippen molar-refractivity contribution in [3.8, 4) is 5.75 Å². The molecule has 0 spiro atoms. The minimum Gasteiger partial charge on any atom is -0.410 e. The largest absolute Gasteiger partial charge is 0.417 e. The number of benzene rings is 2. The van der Waals surface area contributed by atoms with Crippen molar-refractivity contribution < 1.29 is 15.3 Å². The second-order valence-electron chi connectivity index (χ2n) is 3.79. The number of hydrogen-bond donors (Lipinski definition) is 1. The summed E-state index contributed by atoms with van der Waals surface area (Å²) in [5.74, 6) is 0.144. The van der Waals surface area contributed by atoms with E-state index in [2.05, 4.69) is 5.32 Å². The van der Waals surface area contributed by atoms with Gasteiger partial charge in [0.15, 0.2) is 0 Å². The predicted molar refractivity (Wildman–Crippen MR) is 80.7 cm³/mol. The Labute approximate surface area is 119 Å². The van der Waals surface area contributed by atoms with Crippen LogP contribution in [0.5, 0.6) is 5.75 Å². The van der Waals surface area contributed by atoms with Crippen LogP contribution in [0.25, 0.3) is 0 Å². The highest BCUT2D eigenvalue weighted by Crippen LogP contribution is 2.15. The maximum Gasteiger partial charge on any atom is 0.417 e. The predicted octanol–water partition coefficient (Wildman–Crippen LogP) is 5.02. The summed E-state index contributed by atoms with van der Waals surface area (Å²) in [7, 11) is 0. The monoisotopic (exact) mass is 277 g/mol. The van der Waals surface area contributed by atoms with Crippen LogP contribution in [0.1, 0.15) is 20.8 Å². The smallest absolute Gasteiger partial charge is 0.410 e. The number of para-hydroxylation sites is 1. The maximum absolute atomic E-state index is 13.0. The lowest BCUT2D eigenvalue weighted by atomic mass is 10.2. The molecule has 2 rings (SSSR count). The van der Waals surface area contributed by atoms with Gasteiger partial charge >= 0.3 is 6.09 Å². The zero-order chi connectivity index (χ0) is 15.0. The Hall–Kier alpha value is -2.36. The van der Waals surface area contributed by atoms with Crippen LogP contribution in [0.2, 0.25) is 0 Å². The first kappa shape index (κ1) is 15.7. The van der Waals surface area contributed by atoms with Crippen LogP contribution in [0.15, 0.2) is 48.5 Å². The second-order valence-corrected chi connectivity index (χ2v) is 3.79. The van der Waals surface area contributed by atoms with Gasteiger partial charge in [-0.1, -0.05) is 32.0 Å². The molecule has 0 bridgehead atoms. The summed E-state index contributed by atoms with van der Waals surface area (Å²) in [5, 5.41) is 2.53. The van der Waals surface area contributed by atoms with Crippen molar-refractivity contribution in [2.75, 3.05) is 5.32 Å². The molecule has 3 nitrogen and oxygen atoms in total. The number of halogens is 1. The average molecular weight is 277 g/mol. The molecule has 0 saturated carbocycles. The van der Waals surface area contributed by atoms with E-state index in [1.54, 1.807) is 37.3 Å². The molecule has 0 unspecified atom stereocenters. The summed E-state index contributed by atoms with van der Waals surface area (Å²) < 4.78 is 18.1. The van der Waals surface area contributed by atoms with Gasteiger partial charge in [0.1, 0.15) is 11.6 Å². The minimum absolute atomic E-state index is 0. The van der Waals surface area contributed by atoms with Gasteiger partial charge in [-0.15, -0.1) is 0 Å². The molecule has 20 heavy (non-hydrogen) atoms. The second kappa shape index (κ2) is 7.94. The van der Waals surface area contributed by atoms with E-state index in [9.17, 15) is 9.18 Å². The Kier molecular flexibility index (Phi) is 6.23. The zero-order valence-corrected chi connectivity index (χ0v) is 11.8. The molecule has 1 N–H and O–H groups in total. The molecule has 0 aliphatic heterocycles. The van der Waals surface area contributed by atoms with E-state index < -0.39 is 6.09 Å². The molecular formula is C16H20FNO2. The Morgan fingerprint density at radius 3 is 2.40 bits per heavy atom. The third kappa shape index (κ3) is 4.72. The van der Waals surface area contributed by atoms with Crippen molar-refractivity contribution in [3.63, 3.8) is 0 Å². The van der Waals surface area contributed by atoms with Crippen molar-refractivity contribution in [3.05, 3.63) is 59.9 Å². The van der Waals surface area contributed by atoms with E-state index in [0.717, 1.165) is 0 Å². The number of aryl methyl sites for hydroxylation is 1. The first-order valence-electron chi connectivity index (χ1n) is 6.45. The highest BCUT2D eigenvalue weighted by molar-refractivity contribution is 5.86.